The molecule has 0 radical (unpaired) electrons. The number of pyridine rings is 1. The predicted octanol–water partition coefficient (Wildman–Crippen LogP) is 2.96. The van der Waals surface area contributed by atoms with E-state index in [-0.39, 0.29) is 11.9 Å². The highest BCUT2D eigenvalue weighted by molar-refractivity contribution is 6.32. The monoisotopic (exact) mass is 343 g/mol. The molecular weight excluding hydrogens is 326 g/mol. The third-order valence-corrected chi connectivity index (χ3v) is 5.04. The first-order valence-electron chi connectivity index (χ1n) is 8.10. The lowest BCUT2D eigenvalue weighted by atomic mass is 9.99. The Morgan fingerprint density at radius 3 is 2.75 bits per heavy atom. The molecule has 24 heavy (non-hydrogen) atoms. The van der Waals surface area contributed by atoms with Gasteiger partial charge in [0.2, 0.25) is 0 Å². The molecule has 3 heterocycles. The van der Waals surface area contributed by atoms with E-state index in [1.54, 1.807) is 42.7 Å². The molecule has 124 valence electrons. The molecule has 2 fully saturated rings. The average molecular weight is 344 g/mol. The Morgan fingerprint density at radius 2 is 2.08 bits per heavy atom. The number of rotatable bonds is 4. The molecule has 2 saturated heterocycles. The fraction of sp³-hybridized carbons (Fsp3) is 0.333. The number of carbonyl (C=O) groups is 1. The number of carbonyl (C=O) groups excluding carboxylic acids is 1. The van der Waals surface area contributed by atoms with E-state index in [1.807, 2.05) is 0 Å². The van der Waals surface area contributed by atoms with Crippen LogP contribution < -0.4 is 10.1 Å². The van der Waals surface area contributed by atoms with Crippen molar-refractivity contribution >= 4 is 17.5 Å². The minimum atomic E-state index is -0.0280. The van der Waals surface area contributed by atoms with Crippen molar-refractivity contribution in [2.75, 3.05) is 19.6 Å². The zero-order chi connectivity index (χ0) is 16.5. The smallest absolute Gasteiger partial charge is 0.251 e. The zero-order valence-electron chi connectivity index (χ0n) is 13.1. The molecule has 1 aromatic heterocycles. The Morgan fingerprint density at radius 1 is 1.25 bits per heavy atom. The van der Waals surface area contributed by atoms with Crippen molar-refractivity contribution < 1.29 is 9.53 Å². The summed E-state index contributed by atoms with van der Waals surface area (Å²) in [7, 11) is 0. The van der Waals surface area contributed by atoms with E-state index < -0.39 is 0 Å². The topological polar surface area (TPSA) is 54.5 Å². The number of hydrogen-bond acceptors (Lipinski definition) is 4. The summed E-state index contributed by atoms with van der Waals surface area (Å²) in [5.74, 6) is 1.68. The third kappa shape index (κ3) is 3.09. The van der Waals surface area contributed by atoms with Gasteiger partial charge in [-0.2, -0.15) is 0 Å². The molecule has 2 aliphatic rings. The van der Waals surface area contributed by atoms with Crippen LogP contribution in [-0.2, 0) is 0 Å². The minimum absolute atomic E-state index is 0.0280. The van der Waals surface area contributed by atoms with E-state index in [9.17, 15) is 4.79 Å². The van der Waals surface area contributed by atoms with Crippen LogP contribution in [0.25, 0.3) is 0 Å². The second-order valence-electron chi connectivity index (χ2n) is 6.32. The number of halogens is 1. The molecule has 1 aromatic carbocycles. The van der Waals surface area contributed by atoms with Gasteiger partial charge in [-0.05, 0) is 49.2 Å². The van der Waals surface area contributed by atoms with Crippen LogP contribution in [0.4, 0.5) is 0 Å². The molecule has 1 amide bonds. The maximum atomic E-state index is 12.4. The number of amides is 1. The van der Waals surface area contributed by atoms with E-state index in [0.717, 1.165) is 13.1 Å². The predicted molar refractivity (Wildman–Crippen MR) is 91.6 cm³/mol. The van der Waals surface area contributed by atoms with Crippen molar-refractivity contribution in [2.24, 2.45) is 5.92 Å². The van der Waals surface area contributed by atoms with Gasteiger partial charge in [0.25, 0.3) is 5.91 Å². The van der Waals surface area contributed by atoms with Crippen molar-refractivity contribution in [1.29, 1.82) is 0 Å². The average Bonchev–Trinajstić information content (AvgIpc) is 3.20. The second-order valence-corrected chi connectivity index (χ2v) is 6.73. The van der Waals surface area contributed by atoms with E-state index in [2.05, 4.69) is 15.2 Å². The number of hydrogen-bond donors (Lipinski definition) is 1. The summed E-state index contributed by atoms with van der Waals surface area (Å²) in [5.41, 5.74) is 0.636. The third-order valence-electron chi connectivity index (χ3n) is 4.73. The molecule has 0 saturated carbocycles. The van der Waals surface area contributed by atoms with E-state index >= 15 is 0 Å². The summed E-state index contributed by atoms with van der Waals surface area (Å²) in [4.78, 5) is 18.8. The SMILES string of the molecule is O=C(NC1CN2CC[C@H]1C2)c1ccc(Oc2cnccc2Cl)cc1. The second kappa shape index (κ2) is 6.42. The van der Waals surface area contributed by atoms with E-state index in [4.69, 9.17) is 16.3 Å². The summed E-state index contributed by atoms with van der Waals surface area (Å²) in [6.45, 7) is 3.25. The first-order chi connectivity index (χ1) is 11.7. The zero-order valence-corrected chi connectivity index (χ0v) is 13.9. The summed E-state index contributed by atoms with van der Waals surface area (Å²) in [6.07, 6.45) is 4.35. The molecule has 2 unspecified atom stereocenters. The van der Waals surface area contributed by atoms with E-state index in [1.165, 1.54) is 13.0 Å². The van der Waals surface area contributed by atoms with Crippen LogP contribution in [0.15, 0.2) is 42.7 Å². The highest BCUT2D eigenvalue weighted by Gasteiger charge is 2.38. The molecule has 2 aromatic rings. The number of nitrogens with zero attached hydrogens (tertiary/aromatic N) is 2. The van der Waals surface area contributed by atoms with Crippen molar-refractivity contribution in [3.63, 3.8) is 0 Å². The summed E-state index contributed by atoms with van der Waals surface area (Å²) in [6, 6.07) is 9.01. The number of benzene rings is 1. The van der Waals surface area contributed by atoms with Gasteiger partial charge in [-0.15, -0.1) is 0 Å². The van der Waals surface area contributed by atoms with Gasteiger partial charge < -0.3 is 15.0 Å². The number of fused-ring (bicyclic) bond motifs is 2. The Kier molecular flexibility index (Phi) is 4.12. The molecule has 2 bridgehead atoms. The maximum absolute atomic E-state index is 12.4. The van der Waals surface area contributed by atoms with Gasteiger partial charge in [0, 0.05) is 30.9 Å². The number of nitrogens with one attached hydrogen (secondary N) is 1. The lowest BCUT2D eigenvalue weighted by Crippen LogP contribution is -2.43. The van der Waals surface area contributed by atoms with Crippen LogP contribution in [-0.4, -0.2) is 41.5 Å². The standard InChI is InChI=1S/C18H18ClN3O2/c19-15-5-7-20-9-17(15)24-14-3-1-12(2-4-14)18(23)21-16-11-22-8-6-13(16)10-22/h1-5,7,9,13,16H,6,8,10-11H2,(H,21,23)/t13-,16?/m0/s1. The van der Waals surface area contributed by atoms with Crippen LogP contribution in [0.5, 0.6) is 11.5 Å². The largest absolute Gasteiger partial charge is 0.454 e. The molecule has 3 atom stereocenters. The normalized spacial score (nSPS) is 24.8. The van der Waals surface area contributed by atoms with Gasteiger partial charge in [0.1, 0.15) is 5.75 Å². The Bertz CT molecular complexity index is 750. The maximum Gasteiger partial charge on any atom is 0.251 e. The van der Waals surface area contributed by atoms with Crippen LogP contribution in [0.1, 0.15) is 16.8 Å². The summed E-state index contributed by atoms with van der Waals surface area (Å²) >= 11 is 6.05. The van der Waals surface area contributed by atoms with Gasteiger partial charge in [-0.3, -0.25) is 9.78 Å². The fourth-order valence-corrected chi connectivity index (χ4v) is 3.58. The minimum Gasteiger partial charge on any atom is -0.454 e. The highest BCUT2D eigenvalue weighted by atomic mass is 35.5. The lowest BCUT2D eigenvalue weighted by molar-refractivity contribution is 0.0924. The highest BCUT2D eigenvalue weighted by Crippen LogP contribution is 2.29. The van der Waals surface area contributed by atoms with Crippen molar-refractivity contribution in [3.05, 3.63) is 53.3 Å². The van der Waals surface area contributed by atoms with Gasteiger partial charge in [0.15, 0.2) is 5.75 Å². The van der Waals surface area contributed by atoms with Gasteiger partial charge in [0.05, 0.1) is 11.2 Å². The van der Waals surface area contributed by atoms with Crippen molar-refractivity contribution in [3.8, 4) is 11.5 Å². The molecule has 5 nitrogen and oxygen atoms in total. The van der Waals surface area contributed by atoms with Gasteiger partial charge in [-0.1, -0.05) is 11.6 Å². The summed E-state index contributed by atoms with van der Waals surface area (Å²) < 4.78 is 5.68. The van der Waals surface area contributed by atoms with Gasteiger partial charge in [-0.25, -0.2) is 0 Å². The van der Waals surface area contributed by atoms with Crippen LogP contribution in [0.3, 0.4) is 0 Å². The quantitative estimate of drug-likeness (QED) is 0.927. The molecule has 1 N–H and O–H groups in total. The first-order valence-corrected chi connectivity index (χ1v) is 8.47. The molecule has 4 rings (SSSR count). The molecular formula is C18H18ClN3O2. The lowest BCUT2D eigenvalue weighted by Gasteiger charge is -2.23. The van der Waals surface area contributed by atoms with Crippen molar-refractivity contribution in [1.82, 2.24) is 15.2 Å². The first kappa shape index (κ1) is 15.4. The number of piperidine rings is 1. The van der Waals surface area contributed by atoms with Crippen molar-refractivity contribution in [2.45, 2.75) is 12.5 Å². The number of aromatic nitrogens is 1. The van der Waals surface area contributed by atoms with Crippen LogP contribution >= 0.6 is 11.6 Å². The van der Waals surface area contributed by atoms with Crippen LogP contribution in [0, 0.1) is 5.92 Å². The molecule has 2 aliphatic heterocycles. The number of ether oxygens (including phenoxy) is 1. The fourth-order valence-electron chi connectivity index (χ4n) is 3.44. The van der Waals surface area contributed by atoms with Crippen LogP contribution in [0.2, 0.25) is 5.02 Å². The van der Waals surface area contributed by atoms with Gasteiger partial charge >= 0.3 is 0 Å². The summed E-state index contributed by atoms with van der Waals surface area (Å²) in [5, 5.41) is 3.65. The Balaban J connectivity index is 1.40. The Labute approximate surface area is 145 Å². The molecule has 0 aliphatic carbocycles. The van der Waals surface area contributed by atoms with E-state index in [0.29, 0.717) is 28.0 Å². The molecule has 6 heteroatoms. The Hall–Kier alpha value is -2.11. The molecule has 0 spiro atoms.